The second kappa shape index (κ2) is 9.40. The molecule has 7 heteroatoms. The summed E-state index contributed by atoms with van der Waals surface area (Å²) in [6.45, 7) is 0. The summed E-state index contributed by atoms with van der Waals surface area (Å²) in [5, 5.41) is 4.49. The zero-order valence-electron chi connectivity index (χ0n) is 18.4. The van der Waals surface area contributed by atoms with E-state index in [1.165, 1.54) is 21.3 Å². The highest BCUT2D eigenvalue weighted by Crippen LogP contribution is 2.36. The zero-order chi connectivity index (χ0) is 23.4. The fourth-order valence-corrected chi connectivity index (χ4v) is 3.69. The Morgan fingerprint density at radius 3 is 1.97 bits per heavy atom. The van der Waals surface area contributed by atoms with Crippen molar-refractivity contribution in [1.82, 2.24) is 5.43 Å². The number of nitrogens with one attached hydrogen (secondary N) is 1. The SMILES string of the molecule is COC(=O)/C(=C/C(=O)c1cc(OC)ccc1OC)NN=C1c2ccccc2-c2ccccc21. The van der Waals surface area contributed by atoms with Gasteiger partial charge in [0, 0.05) is 17.2 Å². The summed E-state index contributed by atoms with van der Waals surface area (Å²) in [5.74, 6) is -0.356. The first-order chi connectivity index (χ1) is 16.1. The van der Waals surface area contributed by atoms with E-state index in [1.54, 1.807) is 18.2 Å². The van der Waals surface area contributed by atoms with Crippen molar-refractivity contribution in [2.45, 2.75) is 0 Å². The highest BCUT2D eigenvalue weighted by Gasteiger charge is 2.25. The summed E-state index contributed by atoms with van der Waals surface area (Å²) in [7, 11) is 4.20. The van der Waals surface area contributed by atoms with Gasteiger partial charge in [0.15, 0.2) is 5.78 Å². The quantitative estimate of drug-likeness (QED) is 0.202. The van der Waals surface area contributed by atoms with Gasteiger partial charge in [-0.3, -0.25) is 10.2 Å². The Morgan fingerprint density at radius 2 is 1.42 bits per heavy atom. The maximum Gasteiger partial charge on any atom is 0.356 e. The molecule has 0 fully saturated rings. The van der Waals surface area contributed by atoms with Gasteiger partial charge in [-0.15, -0.1) is 0 Å². The van der Waals surface area contributed by atoms with E-state index in [-0.39, 0.29) is 11.3 Å². The maximum absolute atomic E-state index is 13.0. The Morgan fingerprint density at radius 1 is 0.818 bits per heavy atom. The first-order valence-electron chi connectivity index (χ1n) is 10.2. The molecule has 0 aromatic heterocycles. The first kappa shape index (κ1) is 21.8. The highest BCUT2D eigenvalue weighted by molar-refractivity contribution is 6.24. The summed E-state index contributed by atoms with van der Waals surface area (Å²) < 4.78 is 15.3. The van der Waals surface area contributed by atoms with Crippen molar-refractivity contribution < 1.29 is 23.8 Å². The molecule has 0 aliphatic heterocycles. The van der Waals surface area contributed by atoms with Crippen molar-refractivity contribution in [3.63, 3.8) is 0 Å². The van der Waals surface area contributed by atoms with Crippen molar-refractivity contribution in [2.24, 2.45) is 5.10 Å². The van der Waals surface area contributed by atoms with Crippen LogP contribution in [-0.2, 0) is 9.53 Å². The number of hydrogen-bond donors (Lipinski definition) is 1. The van der Waals surface area contributed by atoms with Crippen LogP contribution in [0.2, 0.25) is 0 Å². The molecule has 1 N–H and O–H groups in total. The monoisotopic (exact) mass is 442 g/mol. The van der Waals surface area contributed by atoms with Gasteiger partial charge >= 0.3 is 5.97 Å². The van der Waals surface area contributed by atoms with Crippen LogP contribution >= 0.6 is 0 Å². The second-order valence-electron chi connectivity index (χ2n) is 7.14. The molecule has 0 heterocycles. The van der Waals surface area contributed by atoms with Crippen molar-refractivity contribution in [3.8, 4) is 22.6 Å². The molecule has 33 heavy (non-hydrogen) atoms. The number of hydrazone groups is 1. The van der Waals surface area contributed by atoms with Gasteiger partial charge in [0.2, 0.25) is 0 Å². The summed E-state index contributed by atoms with van der Waals surface area (Å²) in [6, 6.07) is 20.6. The van der Waals surface area contributed by atoms with Gasteiger partial charge in [0.25, 0.3) is 0 Å². The van der Waals surface area contributed by atoms with Crippen LogP contribution in [0.15, 0.2) is 83.6 Å². The average Bonchev–Trinajstić information content (AvgIpc) is 3.19. The molecule has 4 rings (SSSR count). The second-order valence-corrected chi connectivity index (χ2v) is 7.14. The average molecular weight is 442 g/mol. The van der Waals surface area contributed by atoms with E-state index in [0.717, 1.165) is 28.3 Å². The van der Waals surface area contributed by atoms with Crippen LogP contribution in [0, 0.1) is 0 Å². The van der Waals surface area contributed by atoms with Gasteiger partial charge in [-0.2, -0.15) is 5.10 Å². The first-order valence-corrected chi connectivity index (χ1v) is 10.2. The maximum atomic E-state index is 13.0. The number of methoxy groups -OCH3 is 3. The molecule has 0 spiro atoms. The summed E-state index contributed by atoms with van der Waals surface area (Å²) >= 11 is 0. The van der Waals surface area contributed by atoms with E-state index in [4.69, 9.17) is 14.2 Å². The minimum absolute atomic E-state index is 0.110. The van der Waals surface area contributed by atoms with Crippen LogP contribution < -0.4 is 14.9 Å². The third-order valence-corrected chi connectivity index (χ3v) is 5.30. The van der Waals surface area contributed by atoms with Crippen molar-refractivity contribution >= 4 is 17.5 Å². The van der Waals surface area contributed by atoms with Gasteiger partial charge in [-0.1, -0.05) is 48.5 Å². The number of ketones is 1. The molecule has 3 aromatic carbocycles. The summed E-state index contributed by atoms with van der Waals surface area (Å²) in [5.41, 5.74) is 7.50. The largest absolute Gasteiger partial charge is 0.497 e. The number of esters is 1. The number of nitrogens with zero attached hydrogens (tertiary/aromatic N) is 1. The fraction of sp³-hybridized carbons (Fsp3) is 0.115. The molecular formula is C26H22N2O5. The van der Waals surface area contributed by atoms with Crippen LogP contribution in [0.5, 0.6) is 11.5 Å². The Bertz CT molecular complexity index is 1250. The molecule has 1 aliphatic carbocycles. The smallest absolute Gasteiger partial charge is 0.356 e. The lowest BCUT2D eigenvalue weighted by molar-refractivity contribution is -0.136. The number of ether oxygens (including phenoxy) is 3. The van der Waals surface area contributed by atoms with Crippen LogP contribution in [0.3, 0.4) is 0 Å². The fourth-order valence-electron chi connectivity index (χ4n) is 3.69. The van der Waals surface area contributed by atoms with E-state index in [2.05, 4.69) is 10.5 Å². The molecular weight excluding hydrogens is 420 g/mol. The molecule has 7 nitrogen and oxygen atoms in total. The van der Waals surface area contributed by atoms with E-state index >= 15 is 0 Å². The molecule has 166 valence electrons. The Labute approximate surface area is 191 Å². The third kappa shape index (κ3) is 4.21. The molecule has 3 aromatic rings. The molecule has 0 bridgehead atoms. The third-order valence-electron chi connectivity index (χ3n) is 5.30. The van der Waals surface area contributed by atoms with E-state index < -0.39 is 11.8 Å². The number of rotatable bonds is 7. The Kier molecular flexibility index (Phi) is 6.22. The molecule has 0 saturated heterocycles. The predicted molar refractivity (Wildman–Crippen MR) is 125 cm³/mol. The number of hydrogen-bond acceptors (Lipinski definition) is 7. The van der Waals surface area contributed by atoms with Crippen molar-refractivity contribution in [1.29, 1.82) is 0 Å². The Balaban J connectivity index is 1.72. The van der Waals surface area contributed by atoms with Gasteiger partial charge in [-0.05, 0) is 29.3 Å². The molecule has 0 unspecified atom stereocenters. The molecule has 0 radical (unpaired) electrons. The normalized spacial score (nSPS) is 11.8. The standard InChI is InChI=1S/C26H22N2O5/c1-31-16-12-13-24(32-2)21(14-16)23(29)15-22(26(30)33-3)27-28-25-19-10-6-4-8-17(19)18-9-5-7-11-20(18)25/h4-15,27H,1-3H3/b22-15-. The number of allylic oxidation sites excluding steroid dienone is 1. The molecule has 0 amide bonds. The molecule has 0 atom stereocenters. The van der Waals surface area contributed by atoms with E-state index in [1.807, 2.05) is 48.5 Å². The topological polar surface area (TPSA) is 86.2 Å². The molecule has 1 aliphatic rings. The number of carbonyl (C=O) groups is 2. The number of carbonyl (C=O) groups excluding carboxylic acids is 2. The van der Waals surface area contributed by atoms with Crippen LogP contribution in [0.1, 0.15) is 21.5 Å². The van der Waals surface area contributed by atoms with E-state index in [9.17, 15) is 9.59 Å². The van der Waals surface area contributed by atoms with E-state index in [0.29, 0.717) is 17.2 Å². The van der Waals surface area contributed by atoms with Gasteiger partial charge in [0.1, 0.15) is 17.2 Å². The minimum atomic E-state index is -0.728. The minimum Gasteiger partial charge on any atom is -0.497 e. The highest BCUT2D eigenvalue weighted by atomic mass is 16.5. The lowest BCUT2D eigenvalue weighted by atomic mass is 10.1. The zero-order valence-corrected chi connectivity index (χ0v) is 18.4. The summed E-state index contributed by atoms with van der Waals surface area (Å²) in [6.07, 6.45) is 1.14. The predicted octanol–water partition coefficient (Wildman–Crippen LogP) is 3.97. The van der Waals surface area contributed by atoms with Crippen LogP contribution in [-0.4, -0.2) is 38.8 Å². The van der Waals surface area contributed by atoms with Crippen molar-refractivity contribution in [3.05, 3.63) is 95.2 Å². The van der Waals surface area contributed by atoms with Crippen molar-refractivity contribution in [2.75, 3.05) is 21.3 Å². The van der Waals surface area contributed by atoms with Gasteiger partial charge in [-0.25, -0.2) is 4.79 Å². The van der Waals surface area contributed by atoms with Crippen LogP contribution in [0.25, 0.3) is 11.1 Å². The number of fused-ring (bicyclic) bond motifs is 3. The molecule has 0 saturated carbocycles. The summed E-state index contributed by atoms with van der Waals surface area (Å²) in [4.78, 5) is 25.4. The van der Waals surface area contributed by atoms with Crippen LogP contribution in [0.4, 0.5) is 0 Å². The van der Waals surface area contributed by atoms with Gasteiger partial charge < -0.3 is 14.2 Å². The lowest BCUT2D eigenvalue weighted by Gasteiger charge is -2.10. The lowest BCUT2D eigenvalue weighted by Crippen LogP contribution is -2.20. The number of benzene rings is 3. The Hall–Kier alpha value is -4.39. The van der Waals surface area contributed by atoms with Gasteiger partial charge in [0.05, 0.1) is 32.6 Å².